The van der Waals surface area contributed by atoms with Crippen molar-refractivity contribution < 1.29 is 14.3 Å². The second-order valence-corrected chi connectivity index (χ2v) is 9.14. The van der Waals surface area contributed by atoms with Crippen LogP contribution >= 0.6 is 0 Å². The lowest BCUT2D eigenvalue weighted by Crippen LogP contribution is -2.33. The van der Waals surface area contributed by atoms with E-state index in [9.17, 15) is 4.79 Å². The van der Waals surface area contributed by atoms with Gasteiger partial charge in [-0.05, 0) is 73.8 Å². The SMILES string of the molecule is CC(C)=CCC/C(C)=C/C[C@]1(C)C(OC(=O)C(C)(C)C)=COc2ccccc21. The predicted octanol–water partition coefficient (Wildman–Crippen LogP) is 6.85. The normalized spacial score (nSPS) is 19.2. The third-order valence-electron chi connectivity index (χ3n) is 5.08. The molecule has 0 aromatic heterocycles. The third-order valence-corrected chi connectivity index (χ3v) is 5.08. The van der Waals surface area contributed by atoms with Gasteiger partial charge in [0.1, 0.15) is 12.0 Å². The molecule has 1 aromatic rings. The molecule has 1 aromatic carbocycles. The lowest BCUT2D eigenvalue weighted by Gasteiger charge is -2.36. The molecule has 0 fully saturated rings. The summed E-state index contributed by atoms with van der Waals surface area (Å²) in [6.07, 6.45) is 8.94. The molecule has 1 heterocycles. The van der Waals surface area contributed by atoms with Gasteiger partial charge in [0.05, 0.1) is 10.8 Å². The average Bonchev–Trinajstić information content (AvgIpc) is 2.61. The van der Waals surface area contributed by atoms with Gasteiger partial charge in [0.25, 0.3) is 0 Å². The Morgan fingerprint density at radius 2 is 1.82 bits per heavy atom. The molecular weight excluding hydrogens is 348 g/mol. The molecule has 0 saturated heterocycles. The summed E-state index contributed by atoms with van der Waals surface area (Å²) in [5, 5.41) is 0. The number of rotatable bonds is 6. The maximum absolute atomic E-state index is 12.5. The first kappa shape index (κ1) is 22.0. The Bertz CT molecular complexity index is 801. The van der Waals surface area contributed by atoms with E-state index in [4.69, 9.17) is 9.47 Å². The van der Waals surface area contributed by atoms with Crippen molar-refractivity contribution in [1.82, 2.24) is 0 Å². The molecule has 3 nitrogen and oxygen atoms in total. The molecule has 0 aliphatic carbocycles. The summed E-state index contributed by atoms with van der Waals surface area (Å²) < 4.78 is 11.6. The maximum atomic E-state index is 12.5. The van der Waals surface area contributed by atoms with Crippen LogP contribution in [0.4, 0.5) is 0 Å². The van der Waals surface area contributed by atoms with Gasteiger partial charge in [-0.2, -0.15) is 0 Å². The molecule has 152 valence electrons. The summed E-state index contributed by atoms with van der Waals surface area (Å²) >= 11 is 0. The Balaban J connectivity index is 2.29. The second-order valence-electron chi connectivity index (χ2n) is 9.14. The first-order valence-electron chi connectivity index (χ1n) is 10.0. The van der Waals surface area contributed by atoms with E-state index in [0.717, 1.165) is 30.6 Å². The van der Waals surface area contributed by atoms with Crippen molar-refractivity contribution in [2.75, 3.05) is 0 Å². The number of hydrogen-bond acceptors (Lipinski definition) is 3. The highest BCUT2D eigenvalue weighted by atomic mass is 16.6. The number of carbonyl (C=O) groups excluding carboxylic acids is 1. The average molecular weight is 383 g/mol. The number of ether oxygens (including phenoxy) is 2. The molecule has 1 aliphatic rings. The molecule has 1 aliphatic heterocycles. The summed E-state index contributed by atoms with van der Waals surface area (Å²) in [5.74, 6) is 1.13. The number of esters is 1. The smallest absolute Gasteiger partial charge is 0.316 e. The van der Waals surface area contributed by atoms with Crippen LogP contribution < -0.4 is 4.74 Å². The largest absolute Gasteiger partial charge is 0.461 e. The van der Waals surface area contributed by atoms with Crippen LogP contribution in [0.2, 0.25) is 0 Å². The molecule has 0 radical (unpaired) electrons. The quantitative estimate of drug-likeness (QED) is 0.399. The highest BCUT2D eigenvalue weighted by Gasteiger charge is 2.40. The number of carbonyl (C=O) groups is 1. The van der Waals surface area contributed by atoms with Gasteiger partial charge in [0.2, 0.25) is 0 Å². The Hall–Kier alpha value is -2.29. The van der Waals surface area contributed by atoms with Gasteiger partial charge in [-0.15, -0.1) is 0 Å². The molecule has 0 unspecified atom stereocenters. The van der Waals surface area contributed by atoms with Crippen LogP contribution in [0.15, 0.2) is 59.6 Å². The second kappa shape index (κ2) is 8.81. The van der Waals surface area contributed by atoms with Crippen molar-refractivity contribution in [2.45, 2.75) is 73.1 Å². The predicted molar refractivity (Wildman–Crippen MR) is 115 cm³/mol. The van der Waals surface area contributed by atoms with E-state index < -0.39 is 10.8 Å². The lowest BCUT2D eigenvalue weighted by molar-refractivity contribution is -0.150. The van der Waals surface area contributed by atoms with Gasteiger partial charge >= 0.3 is 5.97 Å². The highest BCUT2D eigenvalue weighted by Crippen LogP contribution is 2.45. The Labute approximate surface area is 170 Å². The van der Waals surface area contributed by atoms with Crippen LogP contribution in [0.1, 0.15) is 73.3 Å². The molecule has 0 bridgehead atoms. The fourth-order valence-corrected chi connectivity index (χ4v) is 3.07. The molecule has 0 N–H and O–H groups in total. The number of hydrogen-bond donors (Lipinski definition) is 0. The number of fused-ring (bicyclic) bond motifs is 1. The first-order valence-corrected chi connectivity index (χ1v) is 10.0. The minimum Gasteiger partial charge on any atom is -0.461 e. The van der Waals surface area contributed by atoms with Crippen molar-refractivity contribution in [3.05, 3.63) is 65.1 Å². The molecule has 2 rings (SSSR count). The van der Waals surface area contributed by atoms with Crippen LogP contribution in [0.25, 0.3) is 0 Å². The molecule has 1 atom stereocenters. The van der Waals surface area contributed by atoms with Crippen LogP contribution in [-0.2, 0) is 14.9 Å². The monoisotopic (exact) mass is 382 g/mol. The Kier molecular flexibility index (Phi) is 6.92. The van der Waals surface area contributed by atoms with E-state index in [-0.39, 0.29) is 5.97 Å². The first-order chi connectivity index (χ1) is 13.0. The van der Waals surface area contributed by atoms with Gasteiger partial charge in [0.15, 0.2) is 5.76 Å². The fraction of sp³-hybridized carbons (Fsp3) is 0.480. The van der Waals surface area contributed by atoms with E-state index in [1.165, 1.54) is 11.1 Å². The fourth-order valence-electron chi connectivity index (χ4n) is 3.07. The number of benzene rings is 1. The summed E-state index contributed by atoms with van der Waals surface area (Å²) in [7, 11) is 0. The van der Waals surface area contributed by atoms with Crippen LogP contribution in [-0.4, -0.2) is 5.97 Å². The van der Waals surface area contributed by atoms with Gasteiger partial charge in [-0.3, -0.25) is 4.79 Å². The van der Waals surface area contributed by atoms with E-state index in [0.29, 0.717) is 5.76 Å². The zero-order valence-corrected chi connectivity index (χ0v) is 18.4. The standard InChI is InChI=1S/C25H34O3/c1-18(2)11-10-12-19(3)15-16-25(7)20-13-8-9-14-21(20)27-17-22(25)28-23(26)24(4,5)6/h8-9,11,13-15,17H,10,12,16H2,1-7H3/b19-15+/t25-/m0/s1. The molecular formula is C25H34O3. The van der Waals surface area contributed by atoms with Gasteiger partial charge in [0, 0.05) is 5.56 Å². The zero-order chi connectivity index (χ0) is 20.9. The minimum atomic E-state index is -0.575. The zero-order valence-electron chi connectivity index (χ0n) is 18.4. The summed E-state index contributed by atoms with van der Waals surface area (Å²) in [4.78, 5) is 12.5. The Morgan fingerprint density at radius 1 is 1.14 bits per heavy atom. The van der Waals surface area contributed by atoms with Gasteiger partial charge in [-0.25, -0.2) is 0 Å². The minimum absolute atomic E-state index is 0.253. The van der Waals surface area contributed by atoms with Crippen molar-refractivity contribution in [3.8, 4) is 5.75 Å². The van der Waals surface area contributed by atoms with E-state index in [2.05, 4.69) is 45.9 Å². The molecule has 0 spiro atoms. The molecule has 0 amide bonds. The summed E-state index contributed by atoms with van der Waals surface area (Å²) in [5.41, 5.74) is 2.70. The molecule has 0 saturated carbocycles. The van der Waals surface area contributed by atoms with Gasteiger partial charge < -0.3 is 9.47 Å². The third kappa shape index (κ3) is 5.37. The van der Waals surface area contributed by atoms with Crippen LogP contribution in [0, 0.1) is 5.41 Å². The van der Waals surface area contributed by atoms with E-state index in [1.807, 2.05) is 39.0 Å². The van der Waals surface area contributed by atoms with Crippen molar-refractivity contribution in [2.24, 2.45) is 5.41 Å². The summed E-state index contributed by atoms with van der Waals surface area (Å²) in [6.45, 7) is 14.1. The molecule has 28 heavy (non-hydrogen) atoms. The van der Waals surface area contributed by atoms with E-state index in [1.54, 1.807) is 6.26 Å². The van der Waals surface area contributed by atoms with Crippen LogP contribution in [0.5, 0.6) is 5.75 Å². The topological polar surface area (TPSA) is 35.5 Å². The van der Waals surface area contributed by atoms with Crippen molar-refractivity contribution >= 4 is 5.97 Å². The highest BCUT2D eigenvalue weighted by molar-refractivity contribution is 5.77. The van der Waals surface area contributed by atoms with Crippen LogP contribution in [0.3, 0.4) is 0 Å². The number of para-hydroxylation sites is 1. The summed E-state index contributed by atoms with van der Waals surface area (Å²) in [6, 6.07) is 7.97. The van der Waals surface area contributed by atoms with E-state index >= 15 is 0 Å². The number of allylic oxidation sites excluding steroid dienone is 5. The van der Waals surface area contributed by atoms with Crippen molar-refractivity contribution in [3.63, 3.8) is 0 Å². The Morgan fingerprint density at radius 3 is 2.46 bits per heavy atom. The molecule has 3 heteroatoms. The lowest BCUT2D eigenvalue weighted by atomic mass is 9.76. The van der Waals surface area contributed by atoms with Crippen molar-refractivity contribution in [1.29, 1.82) is 0 Å². The van der Waals surface area contributed by atoms with Gasteiger partial charge in [-0.1, -0.05) is 41.5 Å². The maximum Gasteiger partial charge on any atom is 0.316 e.